The van der Waals surface area contributed by atoms with Crippen LogP contribution in [0.5, 0.6) is 0 Å². The Kier molecular flexibility index (Phi) is 5.24. The van der Waals surface area contributed by atoms with Gasteiger partial charge in [0.25, 0.3) is 0 Å². The second-order valence-electron chi connectivity index (χ2n) is 8.66. The molecule has 1 heterocycles. The molecule has 3 nitrogen and oxygen atoms in total. The summed E-state index contributed by atoms with van der Waals surface area (Å²) in [5.74, 6) is 0.363. The summed E-state index contributed by atoms with van der Waals surface area (Å²) >= 11 is 0. The predicted molar refractivity (Wildman–Crippen MR) is 110 cm³/mol. The van der Waals surface area contributed by atoms with Crippen LogP contribution in [-0.4, -0.2) is 42.9 Å². The van der Waals surface area contributed by atoms with Crippen molar-refractivity contribution in [3.05, 3.63) is 71.0 Å². The van der Waals surface area contributed by atoms with E-state index in [1.807, 2.05) is 26.2 Å². The number of carbonyl (C=O) groups is 1. The summed E-state index contributed by atoms with van der Waals surface area (Å²) in [4.78, 5) is 16.5. The highest BCUT2D eigenvalue weighted by Gasteiger charge is 2.45. The summed E-state index contributed by atoms with van der Waals surface area (Å²) in [7, 11) is 3.68. The number of halogens is 1. The monoisotopic (exact) mass is 380 g/mol. The van der Waals surface area contributed by atoms with Gasteiger partial charge in [0.1, 0.15) is 5.82 Å². The van der Waals surface area contributed by atoms with Crippen LogP contribution in [-0.2, 0) is 16.8 Å². The Bertz CT molecular complexity index is 838. The van der Waals surface area contributed by atoms with E-state index in [1.54, 1.807) is 17.0 Å². The van der Waals surface area contributed by atoms with Gasteiger partial charge in [-0.3, -0.25) is 9.69 Å². The van der Waals surface area contributed by atoms with Crippen LogP contribution in [0.15, 0.2) is 48.5 Å². The third-order valence-corrected chi connectivity index (χ3v) is 6.66. The van der Waals surface area contributed by atoms with Gasteiger partial charge in [-0.15, -0.1) is 0 Å². The zero-order valence-electron chi connectivity index (χ0n) is 16.8. The van der Waals surface area contributed by atoms with E-state index in [4.69, 9.17) is 0 Å². The Hall–Kier alpha value is -2.20. The summed E-state index contributed by atoms with van der Waals surface area (Å²) in [6, 6.07) is 15.6. The van der Waals surface area contributed by atoms with Crippen LogP contribution in [0.1, 0.15) is 48.3 Å². The van der Waals surface area contributed by atoms with E-state index < -0.39 is 0 Å². The van der Waals surface area contributed by atoms with Crippen molar-refractivity contribution in [1.29, 1.82) is 0 Å². The van der Waals surface area contributed by atoms with Gasteiger partial charge in [0.05, 0.1) is 0 Å². The summed E-state index contributed by atoms with van der Waals surface area (Å²) in [6.45, 7) is 2.96. The van der Waals surface area contributed by atoms with E-state index >= 15 is 0 Å². The number of piperidine rings is 1. The standard InChI is InChI=1S/C24H29FN2O/c1-26(2)23(28)15-19-16-24(22-6-4-3-5-21(19)22)11-13-27(14-12-24)17-18-7-9-20(25)10-8-18/h3-10,19H,11-17H2,1-2H3. The Labute approximate surface area is 167 Å². The van der Waals surface area contributed by atoms with Crippen LogP contribution in [0.25, 0.3) is 0 Å². The van der Waals surface area contributed by atoms with Crippen molar-refractivity contribution in [3.8, 4) is 0 Å². The minimum atomic E-state index is -0.178. The van der Waals surface area contributed by atoms with Crippen molar-refractivity contribution >= 4 is 5.91 Å². The van der Waals surface area contributed by atoms with Crippen molar-refractivity contribution in [2.75, 3.05) is 27.2 Å². The molecule has 2 aromatic rings. The van der Waals surface area contributed by atoms with E-state index in [-0.39, 0.29) is 17.1 Å². The third-order valence-electron chi connectivity index (χ3n) is 6.66. The van der Waals surface area contributed by atoms with Crippen LogP contribution in [0, 0.1) is 5.82 Å². The molecule has 4 heteroatoms. The highest BCUT2D eigenvalue weighted by molar-refractivity contribution is 5.77. The number of rotatable bonds is 4. The van der Waals surface area contributed by atoms with E-state index in [0.29, 0.717) is 12.3 Å². The molecule has 4 rings (SSSR count). The fourth-order valence-electron chi connectivity index (χ4n) is 5.06. The molecular formula is C24H29FN2O. The number of amides is 1. The van der Waals surface area contributed by atoms with Gasteiger partial charge < -0.3 is 4.90 Å². The number of carbonyl (C=O) groups excluding carboxylic acids is 1. The summed E-state index contributed by atoms with van der Waals surface area (Å²) in [5.41, 5.74) is 4.21. The van der Waals surface area contributed by atoms with Crippen molar-refractivity contribution in [1.82, 2.24) is 9.80 Å². The van der Waals surface area contributed by atoms with Gasteiger partial charge in [0.15, 0.2) is 0 Å². The minimum absolute atomic E-state index is 0.178. The van der Waals surface area contributed by atoms with Crippen LogP contribution < -0.4 is 0 Å². The normalized spacial score (nSPS) is 20.9. The van der Waals surface area contributed by atoms with E-state index in [0.717, 1.165) is 38.9 Å². The number of hydrogen-bond donors (Lipinski definition) is 0. The van der Waals surface area contributed by atoms with Gasteiger partial charge >= 0.3 is 0 Å². The lowest BCUT2D eigenvalue weighted by Gasteiger charge is -2.40. The zero-order chi connectivity index (χ0) is 19.7. The molecule has 0 radical (unpaired) electrons. The molecule has 1 amide bonds. The minimum Gasteiger partial charge on any atom is -0.349 e. The molecule has 1 unspecified atom stereocenters. The number of hydrogen-bond acceptors (Lipinski definition) is 2. The number of likely N-dealkylation sites (tertiary alicyclic amines) is 1. The average Bonchev–Trinajstić information content (AvgIpc) is 2.99. The first-order valence-corrected chi connectivity index (χ1v) is 10.2. The molecule has 1 aliphatic heterocycles. The van der Waals surface area contributed by atoms with Gasteiger partial charge in [-0.05, 0) is 72.5 Å². The first-order chi connectivity index (χ1) is 13.5. The van der Waals surface area contributed by atoms with Crippen molar-refractivity contribution < 1.29 is 9.18 Å². The number of fused-ring (bicyclic) bond motifs is 2. The van der Waals surface area contributed by atoms with Crippen molar-refractivity contribution in [2.45, 2.75) is 43.6 Å². The molecule has 1 spiro atoms. The molecule has 1 saturated heterocycles. The quantitative estimate of drug-likeness (QED) is 0.788. The molecule has 0 bridgehead atoms. The molecular weight excluding hydrogens is 351 g/mol. The highest BCUT2D eigenvalue weighted by Crippen LogP contribution is 2.52. The fraction of sp³-hybridized carbons (Fsp3) is 0.458. The predicted octanol–water partition coefficient (Wildman–Crippen LogP) is 4.33. The van der Waals surface area contributed by atoms with E-state index in [2.05, 4.69) is 29.2 Å². The average molecular weight is 381 g/mol. The van der Waals surface area contributed by atoms with Gasteiger partial charge in [-0.2, -0.15) is 0 Å². The Morgan fingerprint density at radius 1 is 1.11 bits per heavy atom. The fourth-order valence-corrected chi connectivity index (χ4v) is 5.06. The molecule has 1 aliphatic carbocycles. The van der Waals surface area contributed by atoms with Gasteiger partial charge in [0, 0.05) is 27.1 Å². The van der Waals surface area contributed by atoms with Crippen molar-refractivity contribution in [3.63, 3.8) is 0 Å². The Balaban J connectivity index is 1.47. The zero-order valence-corrected chi connectivity index (χ0v) is 16.8. The molecule has 0 saturated carbocycles. The molecule has 1 fully saturated rings. The first kappa shape index (κ1) is 19.1. The van der Waals surface area contributed by atoms with Crippen LogP contribution in [0.3, 0.4) is 0 Å². The van der Waals surface area contributed by atoms with Crippen molar-refractivity contribution in [2.24, 2.45) is 0 Å². The summed E-state index contributed by atoms with van der Waals surface area (Å²) < 4.78 is 13.1. The third kappa shape index (κ3) is 3.70. The molecule has 28 heavy (non-hydrogen) atoms. The van der Waals surface area contributed by atoms with Crippen LogP contribution in [0.4, 0.5) is 4.39 Å². The topological polar surface area (TPSA) is 23.6 Å². The van der Waals surface area contributed by atoms with Gasteiger partial charge in [-0.25, -0.2) is 4.39 Å². The number of nitrogens with zero attached hydrogens (tertiary/aromatic N) is 2. The highest BCUT2D eigenvalue weighted by atomic mass is 19.1. The lowest BCUT2D eigenvalue weighted by atomic mass is 9.73. The first-order valence-electron chi connectivity index (χ1n) is 10.2. The molecule has 2 aliphatic rings. The second kappa shape index (κ2) is 7.67. The van der Waals surface area contributed by atoms with Gasteiger partial charge in [0.2, 0.25) is 5.91 Å². The molecule has 1 atom stereocenters. The second-order valence-corrected chi connectivity index (χ2v) is 8.66. The maximum atomic E-state index is 13.1. The smallest absolute Gasteiger partial charge is 0.222 e. The summed E-state index contributed by atoms with van der Waals surface area (Å²) in [6.07, 6.45) is 3.93. The Morgan fingerprint density at radius 2 is 1.79 bits per heavy atom. The SMILES string of the molecule is CN(C)C(=O)CC1CC2(CCN(Cc3ccc(F)cc3)CC2)c2ccccc21. The maximum absolute atomic E-state index is 13.1. The summed E-state index contributed by atoms with van der Waals surface area (Å²) in [5, 5.41) is 0. The Morgan fingerprint density at radius 3 is 2.46 bits per heavy atom. The van der Waals surface area contributed by atoms with Crippen LogP contribution in [0.2, 0.25) is 0 Å². The van der Waals surface area contributed by atoms with E-state index in [1.165, 1.54) is 16.7 Å². The van der Waals surface area contributed by atoms with E-state index in [9.17, 15) is 9.18 Å². The lowest BCUT2D eigenvalue weighted by Crippen LogP contribution is -2.41. The number of benzene rings is 2. The van der Waals surface area contributed by atoms with Crippen LogP contribution >= 0.6 is 0 Å². The molecule has 148 valence electrons. The molecule has 0 aromatic heterocycles. The van der Waals surface area contributed by atoms with Gasteiger partial charge in [-0.1, -0.05) is 36.4 Å². The molecule has 2 aromatic carbocycles. The largest absolute Gasteiger partial charge is 0.349 e. The molecule has 0 N–H and O–H groups in total. The lowest BCUT2D eigenvalue weighted by molar-refractivity contribution is -0.129. The maximum Gasteiger partial charge on any atom is 0.222 e.